The molecule has 0 aliphatic heterocycles. The molecule has 0 heterocycles. The summed E-state index contributed by atoms with van der Waals surface area (Å²) < 4.78 is 10.8. The molecule has 12 heavy (non-hydrogen) atoms. The Morgan fingerprint density at radius 3 is 2.08 bits per heavy atom. The van der Waals surface area contributed by atoms with Gasteiger partial charge in [-0.1, -0.05) is 0 Å². The van der Waals surface area contributed by atoms with E-state index in [-0.39, 0.29) is 5.67 Å². The van der Waals surface area contributed by atoms with E-state index >= 15 is 0 Å². The summed E-state index contributed by atoms with van der Waals surface area (Å²) in [6.07, 6.45) is 0.912. The third-order valence-corrected chi connectivity index (χ3v) is 5.93. The molecular formula is C7H20N2O2Si. The van der Waals surface area contributed by atoms with Crippen LogP contribution in [0.15, 0.2) is 0 Å². The Hall–Kier alpha value is 0.0569. The predicted octanol–water partition coefficient (Wildman–Crippen LogP) is -0.0434. The number of rotatable bonds is 6. The molecule has 4 nitrogen and oxygen atoms in total. The molecule has 0 saturated carbocycles. The largest absolute Gasteiger partial charge is 0.397 e. The quantitative estimate of drug-likeness (QED) is 0.579. The first-order valence-electron chi connectivity index (χ1n) is 4.19. The lowest BCUT2D eigenvalue weighted by atomic mass is 10.5. The molecule has 0 radical (unpaired) electrons. The fourth-order valence-electron chi connectivity index (χ4n) is 1.24. The van der Waals surface area contributed by atoms with Gasteiger partial charge in [0.05, 0.1) is 0 Å². The summed E-state index contributed by atoms with van der Waals surface area (Å²) >= 11 is 0. The molecule has 0 aromatic heterocycles. The first kappa shape index (κ1) is 12.1. The van der Waals surface area contributed by atoms with Gasteiger partial charge in [-0.3, -0.25) is 0 Å². The predicted molar refractivity (Wildman–Crippen MR) is 51.9 cm³/mol. The maximum absolute atomic E-state index is 5.80. The standard InChI is InChI=1S/C7H20N2O2Si/c1-7(9)12(10-2,11-3)6-4-5-8/h7H,4-6,8-9H2,1-3H3. The molecule has 0 aromatic rings. The van der Waals surface area contributed by atoms with Gasteiger partial charge in [0.2, 0.25) is 0 Å². The topological polar surface area (TPSA) is 70.5 Å². The molecule has 0 bridgehead atoms. The van der Waals surface area contributed by atoms with Gasteiger partial charge >= 0.3 is 8.56 Å². The fourth-order valence-corrected chi connectivity index (χ4v) is 3.71. The van der Waals surface area contributed by atoms with Crippen LogP contribution in [-0.4, -0.2) is 35.0 Å². The van der Waals surface area contributed by atoms with Crippen molar-refractivity contribution in [2.75, 3.05) is 20.8 Å². The maximum Gasteiger partial charge on any atom is 0.354 e. The highest BCUT2D eigenvalue weighted by Crippen LogP contribution is 2.16. The summed E-state index contributed by atoms with van der Waals surface area (Å²) in [6, 6.07) is 0.869. The van der Waals surface area contributed by atoms with Crippen molar-refractivity contribution in [1.82, 2.24) is 0 Å². The van der Waals surface area contributed by atoms with Gasteiger partial charge in [0, 0.05) is 19.9 Å². The molecule has 74 valence electrons. The summed E-state index contributed by atoms with van der Waals surface area (Å²) in [6.45, 7) is 2.59. The number of hydrogen-bond acceptors (Lipinski definition) is 4. The van der Waals surface area contributed by atoms with Crippen molar-refractivity contribution in [3.63, 3.8) is 0 Å². The summed E-state index contributed by atoms with van der Waals surface area (Å²) in [5.41, 5.74) is 11.2. The lowest BCUT2D eigenvalue weighted by Gasteiger charge is -2.30. The van der Waals surface area contributed by atoms with E-state index in [9.17, 15) is 0 Å². The maximum atomic E-state index is 5.80. The second-order valence-electron chi connectivity index (χ2n) is 2.90. The summed E-state index contributed by atoms with van der Waals surface area (Å²) in [4.78, 5) is 0. The smallest absolute Gasteiger partial charge is 0.354 e. The van der Waals surface area contributed by atoms with Crippen LogP contribution in [0.3, 0.4) is 0 Å². The minimum absolute atomic E-state index is 0.0148. The van der Waals surface area contributed by atoms with Gasteiger partial charge in [-0.05, 0) is 25.9 Å². The third kappa shape index (κ3) is 2.84. The van der Waals surface area contributed by atoms with Gasteiger partial charge in [-0.2, -0.15) is 0 Å². The van der Waals surface area contributed by atoms with Crippen molar-refractivity contribution in [3.05, 3.63) is 0 Å². The van der Waals surface area contributed by atoms with Crippen molar-refractivity contribution < 1.29 is 8.85 Å². The Morgan fingerprint density at radius 1 is 1.33 bits per heavy atom. The minimum Gasteiger partial charge on any atom is -0.397 e. The molecule has 0 rings (SSSR count). The lowest BCUT2D eigenvalue weighted by Crippen LogP contribution is -2.55. The molecule has 0 aliphatic rings. The zero-order chi connectivity index (χ0) is 9.61. The molecule has 5 heteroatoms. The molecule has 0 fully saturated rings. The van der Waals surface area contributed by atoms with Gasteiger partial charge in [0.25, 0.3) is 0 Å². The molecule has 0 amide bonds. The van der Waals surface area contributed by atoms with E-state index in [0.717, 1.165) is 12.5 Å². The van der Waals surface area contributed by atoms with Crippen LogP contribution in [0.2, 0.25) is 6.04 Å². The van der Waals surface area contributed by atoms with E-state index in [0.29, 0.717) is 6.54 Å². The number of hydrogen-bond donors (Lipinski definition) is 2. The number of nitrogens with two attached hydrogens (primary N) is 2. The average Bonchev–Trinajstić information content (AvgIpc) is 2.07. The van der Waals surface area contributed by atoms with Crippen LogP contribution in [0.25, 0.3) is 0 Å². The first-order chi connectivity index (χ1) is 5.63. The Morgan fingerprint density at radius 2 is 1.83 bits per heavy atom. The molecule has 1 atom stereocenters. The Kier molecular flexibility index (Phi) is 5.69. The SMILES string of the molecule is CO[Si](CCCN)(OC)C(C)N. The van der Waals surface area contributed by atoms with E-state index in [4.69, 9.17) is 20.3 Å². The van der Waals surface area contributed by atoms with Crippen molar-refractivity contribution in [2.45, 2.75) is 25.1 Å². The van der Waals surface area contributed by atoms with Crippen molar-refractivity contribution >= 4 is 8.56 Å². The first-order valence-corrected chi connectivity index (χ1v) is 6.29. The van der Waals surface area contributed by atoms with Crippen LogP contribution in [-0.2, 0) is 8.85 Å². The molecule has 0 saturated heterocycles. The molecule has 4 N–H and O–H groups in total. The van der Waals surface area contributed by atoms with E-state index in [1.54, 1.807) is 14.2 Å². The zero-order valence-electron chi connectivity index (χ0n) is 8.17. The highest BCUT2D eigenvalue weighted by atomic mass is 28.4. The van der Waals surface area contributed by atoms with Crippen molar-refractivity contribution in [2.24, 2.45) is 11.5 Å². The summed E-state index contributed by atoms with van der Waals surface area (Å²) in [5.74, 6) is 0. The van der Waals surface area contributed by atoms with Gasteiger partial charge < -0.3 is 20.3 Å². The van der Waals surface area contributed by atoms with E-state index in [1.807, 2.05) is 6.92 Å². The van der Waals surface area contributed by atoms with Crippen LogP contribution in [0.5, 0.6) is 0 Å². The van der Waals surface area contributed by atoms with Gasteiger partial charge in [0.15, 0.2) is 0 Å². The van der Waals surface area contributed by atoms with Crippen molar-refractivity contribution in [3.8, 4) is 0 Å². The fraction of sp³-hybridized carbons (Fsp3) is 1.00. The third-order valence-electron chi connectivity index (χ3n) is 2.11. The van der Waals surface area contributed by atoms with Crippen LogP contribution in [0, 0.1) is 0 Å². The van der Waals surface area contributed by atoms with Crippen LogP contribution in [0.1, 0.15) is 13.3 Å². The van der Waals surface area contributed by atoms with Crippen LogP contribution >= 0.6 is 0 Å². The minimum atomic E-state index is -2.14. The normalized spacial score (nSPS) is 14.8. The van der Waals surface area contributed by atoms with E-state index < -0.39 is 8.56 Å². The molecule has 1 unspecified atom stereocenters. The van der Waals surface area contributed by atoms with Gasteiger partial charge in [-0.25, -0.2) is 0 Å². The van der Waals surface area contributed by atoms with Crippen LogP contribution in [0.4, 0.5) is 0 Å². The highest BCUT2D eigenvalue weighted by Gasteiger charge is 2.39. The van der Waals surface area contributed by atoms with Gasteiger partial charge in [0.1, 0.15) is 0 Å². The average molecular weight is 192 g/mol. The summed E-state index contributed by atoms with van der Waals surface area (Å²) in [5, 5.41) is 0. The second kappa shape index (κ2) is 5.66. The zero-order valence-corrected chi connectivity index (χ0v) is 9.17. The van der Waals surface area contributed by atoms with E-state index in [1.165, 1.54) is 0 Å². The monoisotopic (exact) mass is 192 g/mol. The van der Waals surface area contributed by atoms with Crippen LogP contribution < -0.4 is 11.5 Å². The highest BCUT2D eigenvalue weighted by molar-refractivity contribution is 6.68. The molecule has 0 aromatic carbocycles. The second-order valence-corrected chi connectivity index (χ2v) is 6.75. The van der Waals surface area contributed by atoms with E-state index in [2.05, 4.69) is 0 Å². The van der Waals surface area contributed by atoms with Gasteiger partial charge in [-0.15, -0.1) is 0 Å². The van der Waals surface area contributed by atoms with Crippen molar-refractivity contribution in [1.29, 1.82) is 0 Å². The molecule has 0 aliphatic carbocycles. The summed E-state index contributed by atoms with van der Waals surface area (Å²) in [7, 11) is 1.18. The molecule has 0 spiro atoms. The Balaban J connectivity index is 4.15. The lowest BCUT2D eigenvalue weighted by molar-refractivity contribution is 0.231. The Bertz CT molecular complexity index is 118. The molecular weight excluding hydrogens is 172 g/mol. The Labute approximate surface area is 75.5 Å².